The van der Waals surface area contributed by atoms with Crippen LogP contribution in [0.5, 0.6) is 11.5 Å². The number of carbonyl (C=O) groups excluding carboxylic acids is 3. The fourth-order valence-electron chi connectivity index (χ4n) is 2.05. The first kappa shape index (κ1) is 25.3. The van der Waals surface area contributed by atoms with Crippen LogP contribution in [0.2, 0.25) is 0 Å². The van der Waals surface area contributed by atoms with Crippen molar-refractivity contribution < 1.29 is 37.0 Å². The number of hydrogen-bond acceptors (Lipinski definition) is 6. The van der Waals surface area contributed by atoms with Crippen LogP contribution in [0.25, 0.3) is 0 Å². The fourth-order valence-corrected chi connectivity index (χ4v) is 2.38. The first-order valence-electron chi connectivity index (χ1n) is 8.81. The number of esters is 2. The monoisotopic (exact) mass is 445 g/mol. The number of benzene rings is 1. The Morgan fingerprint density at radius 1 is 1.03 bits per heavy atom. The van der Waals surface area contributed by atoms with Gasteiger partial charge in [0, 0.05) is 23.6 Å². The molecule has 0 aliphatic heterocycles. The fraction of sp³-hybridized carbons (Fsp3) is 0.350. The average molecular weight is 445 g/mol. The molecule has 6 nitrogen and oxygen atoms in total. The Hall–Kier alpha value is -2.75. The molecule has 10 heteroatoms. The number of carbonyl (C=O) groups is 3. The summed E-state index contributed by atoms with van der Waals surface area (Å²) in [7, 11) is 0. The molecular formula is C20H22F3NO5S. The van der Waals surface area contributed by atoms with Crippen LogP contribution < -0.4 is 14.2 Å². The van der Waals surface area contributed by atoms with E-state index in [2.05, 4.69) is 13.2 Å². The zero-order valence-corrected chi connectivity index (χ0v) is 17.4. The Kier molecular flexibility index (Phi) is 9.64. The summed E-state index contributed by atoms with van der Waals surface area (Å²) in [5, 5.41) is 0. The van der Waals surface area contributed by atoms with Crippen LogP contribution >= 0.6 is 11.9 Å². The molecule has 0 heterocycles. The summed E-state index contributed by atoms with van der Waals surface area (Å²) in [6.07, 6.45) is 1.07. The predicted molar refractivity (Wildman–Crippen MR) is 107 cm³/mol. The number of halogens is 3. The number of alkyl halides is 3. The first-order chi connectivity index (χ1) is 13.9. The van der Waals surface area contributed by atoms with Gasteiger partial charge in [0.2, 0.25) is 5.91 Å². The average Bonchev–Trinajstić information content (AvgIpc) is 2.64. The summed E-state index contributed by atoms with van der Waals surface area (Å²) in [6.45, 7) is 9.96. The van der Waals surface area contributed by atoms with Gasteiger partial charge in [0.05, 0.1) is 11.9 Å². The first-order valence-corrected chi connectivity index (χ1v) is 9.62. The van der Waals surface area contributed by atoms with E-state index in [-0.39, 0.29) is 29.1 Å². The van der Waals surface area contributed by atoms with E-state index < -0.39 is 35.3 Å². The van der Waals surface area contributed by atoms with Crippen molar-refractivity contribution in [1.82, 2.24) is 4.72 Å². The zero-order valence-electron chi connectivity index (χ0n) is 16.6. The predicted octanol–water partition coefficient (Wildman–Crippen LogP) is 4.65. The van der Waals surface area contributed by atoms with Gasteiger partial charge in [-0.3, -0.25) is 9.52 Å². The van der Waals surface area contributed by atoms with Crippen molar-refractivity contribution in [3.63, 3.8) is 0 Å². The minimum Gasteiger partial charge on any atom is -0.423 e. The van der Waals surface area contributed by atoms with Gasteiger partial charge in [-0.05, 0) is 44.7 Å². The topological polar surface area (TPSA) is 81.7 Å². The molecule has 0 aliphatic rings. The van der Waals surface area contributed by atoms with Crippen LogP contribution in [-0.2, 0) is 20.8 Å². The summed E-state index contributed by atoms with van der Waals surface area (Å²) in [4.78, 5) is 35.0. The summed E-state index contributed by atoms with van der Waals surface area (Å²) in [6, 6.07) is 4.49. The normalized spacial score (nSPS) is 10.8. The van der Waals surface area contributed by atoms with Gasteiger partial charge in [0.25, 0.3) is 0 Å². The molecule has 0 radical (unpaired) electrons. The maximum atomic E-state index is 12.1. The van der Waals surface area contributed by atoms with Crippen LogP contribution in [-0.4, -0.2) is 23.4 Å². The van der Waals surface area contributed by atoms with E-state index in [1.165, 1.54) is 26.0 Å². The molecule has 0 saturated heterocycles. The molecule has 1 aromatic carbocycles. The summed E-state index contributed by atoms with van der Waals surface area (Å²) in [5.74, 6) is -1.72. The maximum absolute atomic E-state index is 12.1. The van der Waals surface area contributed by atoms with Crippen molar-refractivity contribution in [1.29, 1.82) is 0 Å². The third-order valence-corrected chi connectivity index (χ3v) is 4.09. The van der Waals surface area contributed by atoms with Gasteiger partial charge in [-0.25, -0.2) is 9.59 Å². The van der Waals surface area contributed by atoms with E-state index >= 15 is 0 Å². The number of rotatable bonds is 10. The van der Waals surface area contributed by atoms with Gasteiger partial charge >= 0.3 is 17.4 Å². The van der Waals surface area contributed by atoms with E-state index in [1.807, 2.05) is 0 Å². The molecule has 1 N–H and O–H groups in total. The molecule has 0 bridgehead atoms. The molecule has 1 aromatic rings. The highest BCUT2D eigenvalue weighted by Crippen LogP contribution is 2.29. The molecule has 1 amide bonds. The number of aryl methyl sites for hydroxylation is 1. The summed E-state index contributed by atoms with van der Waals surface area (Å²) < 4.78 is 48.3. The molecular weight excluding hydrogens is 423 g/mol. The molecule has 0 aromatic heterocycles. The van der Waals surface area contributed by atoms with E-state index in [0.717, 1.165) is 0 Å². The highest BCUT2D eigenvalue weighted by molar-refractivity contribution is 7.98. The molecule has 1 rings (SSSR count). The third-order valence-electron chi connectivity index (χ3n) is 3.53. The molecule has 164 valence electrons. The minimum atomic E-state index is -4.53. The van der Waals surface area contributed by atoms with Crippen LogP contribution in [0.4, 0.5) is 13.2 Å². The molecule has 0 saturated carbocycles. The van der Waals surface area contributed by atoms with Crippen LogP contribution in [0, 0.1) is 0 Å². The lowest BCUT2D eigenvalue weighted by atomic mass is 10.1. The lowest BCUT2D eigenvalue weighted by molar-refractivity contribution is -0.130. The molecule has 0 fully saturated rings. The van der Waals surface area contributed by atoms with Gasteiger partial charge in [0.1, 0.15) is 11.5 Å². The SMILES string of the molecule is C=C(C)C(=O)Oc1ccc(CCCCC(=O)NSC(F)(F)F)c(OC(=O)C(=C)C)c1. The Labute approximate surface area is 176 Å². The van der Waals surface area contributed by atoms with Crippen LogP contribution in [0.15, 0.2) is 42.5 Å². The van der Waals surface area contributed by atoms with E-state index in [0.29, 0.717) is 24.8 Å². The Bertz CT molecular complexity index is 836. The zero-order chi connectivity index (χ0) is 22.9. The number of unbranched alkanes of at least 4 members (excludes halogenated alkanes) is 1. The quantitative estimate of drug-likeness (QED) is 0.186. The van der Waals surface area contributed by atoms with Gasteiger partial charge in [0.15, 0.2) is 0 Å². The lowest BCUT2D eigenvalue weighted by Crippen LogP contribution is -2.20. The summed E-state index contributed by atoms with van der Waals surface area (Å²) in [5.41, 5.74) is -3.57. The van der Waals surface area contributed by atoms with Crippen molar-refractivity contribution in [2.24, 2.45) is 0 Å². The van der Waals surface area contributed by atoms with Gasteiger partial charge in [-0.2, -0.15) is 13.2 Å². The molecule has 0 aliphatic carbocycles. The lowest BCUT2D eigenvalue weighted by Gasteiger charge is -2.12. The van der Waals surface area contributed by atoms with E-state index in [9.17, 15) is 27.6 Å². The maximum Gasteiger partial charge on any atom is 0.461 e. The number of ether oxygens (including phenoxy) is 2. The molecule has 30 heavy (non-hydrogen) atoms. The Morgan fingerprint density at radius 2 is 1.63 bits per heavy atom. The second-order valence-electron chi connectivity index (χ2n) is 6.39. The third kappa shape index (κ3) is 9.64. The van der Waals surface area contributed by atoms with Gasteiger partial charge in [-0.15, -0.1) is 0 Å². The van der Waals surface area contributed by atoms with Crippen LogP contribution in [0.1, 0.15) is 38.7 Å². The van der Waals surface area contributed by atoms with E-state index in [1.54, 1.807) is 10.8 Å². The number of nitrogens with one attached hydrogen (secondary N) is 1. The largest absolute Gasteiger partial charge is 0.461 e. The number of amides is 1. The summed E-state index contributed by atoms with van der Waals surface area (Å²) >= 11 is -0.597. The smallest absolute Gasteiger partial charge is 0.423 e. The standard InChI is InChI=1S/C20H22F3NO5S/c1-12(2)18(26)28-15-10-9-14(16(11-15)29-19(27)13(3)4)7-5-6-8-17(25)24-30-20(21,22)23/h9-11H,1,3,5-8H2,2,4H3,(H,24,25). The molecule has 0 unspecified atom stereocenters. The Morgan fingerprint density at radius 3 is 2.20 bits per heavy atom. The van der Waals surface area contributed by atoms with Crippen LogP contribution in [0.3, 0.4) is 0 Å². The highest BCUT2D eigenvalue weighted by atomic mass is 32.2. The van der Waals surface area contributed by atoms with Crippen molar-refractivity contribution in [2.45, 2.75) is 45.0 Å². The van der Waals surface area contributed by atoms with Gasteiger partial charge in [-0.1, -0.05) is 19.2 Å². The minimum absolute atomic E-state index is 0.0850. The van der Waals surface area contributed by atoms with Crippen molar-refractivity contribution in [3.05, 3.63) is 48.1 Å². The van der Waals surface area contributed by atoms with Crippen molar-refractivity contribution in [3.8, 4) is 11.5 Å². The molecule has 0 spiro atoms. The highest BCUT2D eigenvalue weighted by Gasteiger charge is 2.29. The second-order valence-corrected chi connectivity index (χ2v) is 7.26. The van der Waals surface area contributed by atoms with Crippen molar-refractivity contribution >= 4 is 29.8 Å². The van der Waals surface area contributed by atoms with Crippen molar-refractivity contribution in [2.75, 3.05) is 0 Å². The van der Waals surface area contributed by atoms with Gasteiger partial charge < -0.3 is 9.47 Å². The molecule has 0 atom stereocenters. The van der Waals surface area contributed by atoms with E-state index in [4.69, 9.17) is 9.47 Å². The Balaban J connectivity index is 2.75. The number of hydrogen-bond donors (Lipinski definition) is 1. The second kappa shape index (κ2) is 11.4.